The molecule has 0 atom stereocenters. The van der Waals surface area contributed by atoms with Gasteiger partial charge in [-0.05, 0) is 49.2 Å². The topological polar surface area (TPSA) is 43.9 Å². The van der Waals surface area contributed by atoms with Gasteiger partial charge in [0.05, 0.1) is 6.54 Å². The maximum Gasteiger partial charge on any atom is 0.178 e. The highest BCUT2D eigenvalue weighted by Crippen LogP contribution is 2.26. The highest BCUT2D eigenvalue weighted by molar-refractivity contribution is 5.76. The van der Waals surface area contributed by atoms with Gasteiger partial charge in [-0.2, -0.15) is 0 Å². The average molecular weight is 303 g/mol. The summed E-state index contributed by atoms with van der Waals surface area (Å²) in [7, 11) is 0. The average Bonchev–Trinajstić information content (AvgIpc) is 3.14. The summed E-state index contributed by atoms with van der Waals surface area (Å²) in [5.74, 6) is 2.46. The standard InChI is InChI=1S/C19H17N3O/c1-13-6-3-4-7-15(13)12-22-18-16(8-5-11-20-18)21-19(22)17-10-9-14(2)23-17/h3-11H,12H2,1-2H3. The van der Waals surface area contributed by atoms with Gasteiger partial charge in [-0.25, -0.2) is 9.97 Å². The van der Waals surface area contributed by atoms with Gasteiger partial charge in [0.15, 0.2) is 17.2 Å². The van der Waals surface area contributed by atoms with Crippen molar-refractivity contribution in [3.05, 3.63) is 71.6 Å². The first-order chi connectivity index (χ1) is 11.2. The van der Waals surface area contributed by atoms with E-state index in [4.69, 9.17) is 9.40 Å². The maximum absolute atomic E-state index is 5.80. The molecule has 3 heterocycles. The van der Waals surface area contributed by atoms with E-state index in [0.717, 1.165) is 35.1 Å². The van der Waals surface area contributed by atoms with Crippen molar-refractivity contribution in [2.24, 2.45) is 0 Å². The molecule has 4 nitrogen and oxygen atoms in total. The molecule has 0 amide bonds. The van der Waals surface area contributed by atoms with E-state index in [1.807, 2.05) is 31.2 Å². The maximum atomic E-state index is 5.80. The largest absolute Gasteiger partial charge is 0.458 e. The summed E-state index contributed by atoms with van der Waals surface area (Å²) in [5, 5.41) is 0. The third-order valence-electron chi connectivity index (χ3n) is 4.05. The van der Waals surface area contributed by atoms with Crippen LogP contribution in [0.4, 0.5) is 0 Å². The molecule has 0 radical (unpaired) electrons. The van der Waals surface area contributed by atoms with Crippen molar-refractivity contribution < 1.29 is 4.42 Å². The minimum absolute atomic E-state index is 0.718. The Morgan fingerprint density at radius 1 is 1.00 bits per heavy atom. The van der Waals surface area contributed by atoms with E-state index in [9.17, 15) is 0 Å². The highest BCUT2D eigenvalue weighted by Gasteiger charge is 2.16. The van der Waals surface area contributed by atoms with Gasteiger partial charge in [-0.3, -0.25) is 0 Å². The minimum atomic E-state index is 0.718. The predicted octanol–water partition coefficient (Wildman–Crippen LogP) is 4.36. The van der Waals surface area contributed by atoms with Crippen molar-refractivity contribution >= 4 is 11.2 Å². The summed E-state index contributed by atoms with van der Waals surface area (Å²) in [6.45, 7) is 4.78. The SMILES string of the molecule is Cc1ccc(-c2nc3cccnc3n2Cc2ccccc2C)o1. The Labute approximate surface area is 134 Å². The first-order valence-corrected chi connectivity index (χ1v) is 7.65. The molecule has 0 saturated carbocycles. The highest BCUT2D eigenvalue weighted by atomic mass is 16.3. The van der Waals surface area contributed by atoms with E-state index >= 15 is 0 Å². The molecule has 0 unspecified atom stereocenters. The lowest BCUT2D eigenvalue weighted by atomic mass is 10.1. The first kappa shape index (κ1) is 13.8. The first-order valence-electron chi connectivity index (χ1n) is 7.65. The fourth-order valence-corrected chi connectivity index (χ4v) is 2.81. The minimum Gasteiger partial charge on any atom is -0.458 e. The summed E-state index contributed by atoms with van der Waals surface area (Å²) in [6.07, 6.45) is 1.80. The molecule has 4 heteroatoms. The van der Waals surface area contributed by atoms with Crippen LogP contribution in [0.5, 0.6) is 0 Å². The molecule has 0 bridgehead atoms. The normalized spacial score (nSPS) is 11.2. The molecule has 0 spiro atoms. The Hall–Kier alpha value is -2.88. The van der Waals surface area contributed by atoms with Gasteiger partial charge in [0.2, 0.25) is 0 Å². The van der Waals surface area contributed by atoms with E-state index in [2.05, 4.69) is 40.7 Å². The third-order valence-corrected chi connectivity index (χ3v) is 4.05. The summed E-state index contributed by atoms with van der Waals surface area (Å²) >= 11 is 0. The fourth-order valence-electron chi connectivity index (χ4n) is 2.81. The van der Waals surface area contributed by atoms with E-state index in [-0.39, 0.29) is 0 Å². The number of hydrogen-bond acceptors (Lipinski definition) is 3. The van der Waals surface area contributed by atoms with Gasteiger partial charge in [0, 0.05) is 6.20 Å². The van der Waals surface area contributed by atoms with Crippen LogP contribution in [0.15, 0.2) is 59.1 Å². The van der Waals surface area contributed by atoms with E-state index in [1.165, 1.54) is 11.1 Å². The predicted molar refractivity (Wildman–Crippen MR) is 90.2 cm³/mol. The summed E-state index contributed by atoms with van der Waals surface area (Å²) in [4.78, 5) is 9.25. The molecule has 0 N–H and O–H groups in total. The Balaban J connectivity index is 1.91. The molecule has 0 aliphatic carbocycles. The molecule has 0 saturated heterocycles. The van der Waals surface area contributed by atoms with Crippen LogP contribution in [-0.4, -0.2) is 14.5 Å². The van der Waals surface area contributed by atoms with Crippen molar-refractivity contribution in [1.29, 1.82) is 0 Å². The van der Waals surface area contributed by atoms with Gasteiger partial charge in [0.1, 0.15) is 11.3 Å². The number of rotatable bonds is 3. The second-order valence-electron chi connectivity index (χ2n) is 5.70. The Morgan fingerprint density at radius 3 is 2.65 bits per heavy atom. The number of nitrogens with zero attached hydrogens (tertiary/aromatic N) is 3. The third kappa shape index (κ3) is 2.42. The number of imidazole rings is 1. The molecule has 0 aliphatic rings. The molecular weight excluding hydrogens is 286 g/mol. The zero-order valence-electron chi connectivity index (χ0n) is 13.2. The molecule has 114 valence electrons. The lowest BCUT2D eigenvalue weighted by molar-refractivity contribution is 0.540. The summed E-state index contributed by atoms with van der Waals surface area (Å²) in [5.41, 5.74) is 4.26. The monoisotopic (exact) mass is 303 g/mol. The van der Waals surface area contributed by atoms with Crippen LogP contribution in [-0.2, 0) is 6.54 Å². The van der Waals surface area contributed by atoms with E-state index in [0.29, 0.717) is 0 Å². The van der Waals surface area contributed by atoms with Crippen LogP contribution in [0.1, 0.15) is 16.9 Å². The second-order valence-corrected chi connectivity index (χ2v) is 5.70. The van der Waals surface area contributed by atoms with Crippen LogP contribution in [0.3, 0.4) is 0 Å². The molecule has 3 aromatic heterocycles. The lowest BCUT2D eigenvalue weighted by Gasteiger charge is -2.09. The number of benzene rings is 1. The summed E-state index contributed by atoms with van der Waals surface area (Å²) in [6, 6.07) is 16.2. The van der Waals surface area contributed by atoms with Crippen molar-refractivity contribution in [3.63, 3.8) is 0 Å². The van der Waals surface area contributed by atoms with E-state index < -0.39 is 0 Å². The molecule has 0 aliphatic heterocycles. The van der Waals surface area contributed by atoms with Crippen LogP contribution in [0, 0.1) is 13.8 Å². The number of fused-ring (bicyclic) bond motifs is 1. The van der Waals surface area contributed by atoms with Crippen molar-refractivity contribution in [1.82, 2.24) is 14.5 Å². The zero-order chi connectivity index (χ0) is 15.8. The van der Waals surface area contributed by atoms with Crippen molar-refractivity contribution in [3.8, 4) is 11.6 Å². The number of hydrogen-bond donors (Lipinski definition) is 0. The molecule has 4 aromatic rings. The zero-order valence-corrected chi connectivity index (χ0v) is 13.2. The Kier molecular flexibility index (Phi) is 3.23. The van der Waals surface area contributed by atoms with Gasteiger partial charge in [-0.15, -0.1) is 0 Å². The summed E-state index contributed by atoms with van der Waals surface area (Å²) < 4.78 is 7.92. The molecule has 23 heavy (non-hydrogen) atoms. The molecule has 4 rings (SSSR count). The number of pyridine rings is 1. The van der Waals surface area contributed by atoms with E-state index in [1.54, 1.807) is 6.20 Å². The Morgan fingerprint density at radius 2 is 1.87 bits per heavy atom. The number of aromatic nitrogens is 3. The van der Waals surface area contributed by atoms with Gasteiger partial charge >= 0.3 is 0 Å². The van der Waals surface area contributed by atoms with Crippen molar-refractivity contribution in [2.75, 3.05) is 0 Å². The Bertz CT molecular complexity index is 981. The molecular formula is C19H17N3O. The van der Waals surface area contributed by atoms with Gasteiger partial charge in [0.25, 0.3) is 0 Å². The van der Waals surface area contributed by atoms with Crippen LogP contribution >= 0.6 is 0 Å². The quantitative estimate of drug-likeness (QED) is 0.565. The molecule has 0 fully saturated rings. The number of aryl methyl sites for hydroxylation is 2. The van der Waals surface area contributed by atoms with Gasteiger partial charge in [-0.1, -0.05) is 24.3 Å². The number of furan rings is 1. The lowest BCUT2D eigenvalue weighted by Crippen LogP contribution is -2.04. The van der Waals surface area contributed by atoms with Crippen LogP contribution < -0.4 is 0 Å². The van der Waals surface area contributed by atoms with Crippen LogP contribution in [0.25, 0.3) is 22.7 Å². The molecule has 1 aromatic carbocycles. The van der Waals surface area contributed by atoms with Crippen molar-refractivity contribution in [2.45, 2.75) is 20.4 Å². The van der Waals surface area contributed by atoms with Crippen LogP contribution in [0.2, 0.25) is 0 Å². The second kappa shape index (κ2) is 5.39. The smallest absolute Gasteiger partial charge is 0.178 e. The van der Waals surface area contributed by atoms with Gasteiger partial charge < -0.3 is 8.98 Å². The fraction of sp³-hybridized carbons (Fsp3) is 0.158.